The number of carbonyl (C=O) groups excluding carboxylic acids is 1. The molecule has 1 aromatic carbocycles. The average molecular weight is 339 g/mol. The van der Waals surface area contributed by atoms with Gasteiger partial charge in [-0.25, -0.2) is 4.98 Å². The molecule has 3 aromatic rings. The van der Waals surface area contributed by atoms with Gasteiger partial charge in [-0.2, -0.15) is 0 Å². The number of nitrogens with zero attached hydrogens (tertiary/aromatic N) is 2. The monoisotopic (exact) mass is 339 g/mol. The number of amides is 1. The quantitative estimate of drug-likeness (QED) is 0.734. The van der Waals surface area contributed by atoms with Crippen LogP contribution in [-0.4, -0.2) is 22.0 Å². The molecule has 4 nitrogen and oxygen atoms in total. The van der Waals surface area contributed by atoms with E-state index in [2.05, 4.69) is 41.9 Å². The van der Waals surface area contributed by atoms with E-state index in [0.717, 1.165) is 28.4 Å². The second-order valence-corrected chi connectivity index (χ2v) is 6.63. The molecule has 0 spiro atoms. The summed E-state index contributed by atoms with van der Waals surface area (Å²) in [6.07, 6.45) is 2.87. The zero-order valence-electron chi connectivity index (χ0n) is 14.0. The number of thiazole rings is 1. The van der Waals surface area contributed by atoms with E-state index < -0.39 is 0 Å². The number of hydrogen-bond acceptors (Lipinski definition) is 3. The molecular weight excluding hydrogens is 318 g/mol. The van der Waals surface area contributed by atoms with Crippen LogP contribution in [0.5, 0.6) is 0 Å². The van der Waals surface area contributed by atoms with Gasteiger partial charge in [-0.1, -0.05) is 36.8 Å². The molecule has 0 fully saturated rings. The molecule has 0 unspecified atom stereocenters. The van der Waals surface area contributed by atoms with Gasteiger partial charge in [-0.05, 0) is 25.5 Å². The van der Waals surface area contributed by atoms with Gasteiger partial charge >= 0.3 is 0 Å². The molecule has 2 aromatic heterocycles. The topological polar surface area (TPSA) is 46.9 Å². The smallest absolute Gasteiger partial charge is 0.239 e. The van der Waals surface area contributed by atoms with Crippen LogP contribution in [0.1, 0.15) is 18.9 Å². The predicted octanol–water partition coefficient (Wildman–Crippen LogP) is 4.11. The van der Waals surface area contributed by atoms with Gasteiger partial charge in [0.1, 0.15) is 11.6 Å². The van der Waals surface area contributed by atoms with Crippen LogP contribution in [0, 0.1) is 6.92 Å². The fourth-order valence-electron chi connectivity index (χ4n) is 2.47. The molecule has 5 heteroatoms. The van der Waals surface area contributed by atoms with Crippen LogP contribution >= 0.6 is 11.3 Å². The Hall–Kier alpha value is -2.40. The standard InChI is InChI=1S/C19H21N3OS/c1-3-10-20-18(23)12-22-11-4-5-17(22)19-21-16(13-24-19)15-8-6-14(2)7-9-15/h4-9,11,13H,3,10,12H2,1-2H3,(H,20,23). The van der Waals surface area contributed by atoms with E-state index in [-0.39, 0.29) is 5.91 Å². The predicted molar refractivity (Wildman–Crippen MR) is 99.0 cm³/mol. The van der Waals surface area contributed by atoms with E-state index in [1.165, 1.54) is 5.56 Å². The van der Waals surface area contributed by atoms with Crippen molar-refractivity contribution in [3.63, 3.8) is 0 Å². The molecule has 0 bridgehead atoms. The molecular formula is C19H21N3OS. The molecule has 1 amide bonds. The minimum absolute atomic E-state index is 0.0321. The van der Waals surface area contributed by atoms with Gasteiger partial charge in [0.2, 0.25) is 5.91 Å². The summed E-state index contributed by atoms with van der Waals surface area (Å²) >= 11 is 1.60. The Balaban J connectivity index is 1.80. The summed E-state index contributed by atoms with van der Waals surface area (Å²) in [5.74, 6) is 0.0321. The normalized spacial score (nSPS) is 10.8. The van der Waals surface area contributed by atoms with Gasteiger partial charge in [0.25, 0.3) is 0 Å². The summed E-state index contributed by atoms with van der Waals surface area (Å²) in [7, 11) is 0. The highest BCUT2D eigenvalue weighted by atomic mass is 32.1. The van der Waals surface area contributed by atoms with Crippen molar-refractivity contribution in [2.24, 2.45) is 0 Å². The number of nitrogens with one attached hydrogen (secondary N) is 1. The summed E-state index contributed by atoms with van der Waals surface area (Å²) in [6.45, 7) is 5.16. The first-order valence-corrected chi connectivity index (χ1v) is 9.00. The molecule has 0 saturated carbocycles. The van der Waals surface area contributed by atoms with Crippen molar-refractivity contribution in [2.45, 2.75) is 26.8 Å². The van der Waals surface area contributed by atoms with Crippen LogP contribution in [0.3, 0.4) is 0 Å². The number of aromatic nitrogens is 2. The van der Waals surface area contributed by atoms with Crippen molar-refractivity contribution in [1.29, 1.82) is 0 Å². The van der Waals surface area contributed by atoms with Crippen LogP contribution in [0.15, 0.2) is 48.0 Å². The van der Waals surface area contributed by atoms with Crippen LogP contribution in [0.2, 0.25) is 0 Å². The van der Waals surface area contributed by atoms with Crippen LogP contribution in [0.25, 0.3) is 22.0 Å². The van der Waals surface area contributed by atoms with Crippen LogP contribution in [0.4, 0.5) is 0 Å². The summed E-state index contributed by atoms with van der Waals surface area (Å²) in [5.41, 5.74) is 4.30. The number of carbonyl (C=O) groups is 1. The number of hydrogen-bond donors (Lipinski definition) is 1. The summed E-state index contributed by atoms with van der Waals surface area (Å²) in [5, 5.41) is 5.90. The largest absolute Gasteiger partial charge is 0.355 e. The van der Waals surface area contributed by atoms with Crippen LogP contribution < -0.4 is 5.32 Å². The fraction of sp³-hybridized carbons (Fsp3) is 0.263. The van der Waals surface area contributed by atoms with Crippen molar-refractivity contribution in [1.82, 2.24) is 14.9 Å². The maximum atomic E-state index is 12.0. The molecule has 24 heavy (non-hydrogen) atoms. The maximum absolute atomic E-state index is 12.0. The Labute approximate surface area is 146 Å². The second-order valence-electron chi connectivity index (χ2n) is 5.78. The lowest BCUT2D eigenvalue weighted by Gasteiger charge is -2.07. The Kier molecular flexibility index (Phi) is 5.11. The Bertz CT molecular complexity index is 817. The minimum Gasteiger partial charge on any atom is -0.355 e. The minimum atomic E-state index is 0.0321. The lowest BCUT2D eigenvalue weighted by Crippen LogP contribution is -2.28. The summed E-state index contributed by atoms with van der Waals surface area (Å²) in [6, 6.07) is 12.3. The molecule has 0 saturated heterocycles. The first-order chi connectivity index (χ1) is 11.7. The molecule has 0 aliphatic carbocycles. The van der Waals surface area contributed by atoms with Crippen molar-refractivity contribution in [3.05, 3.63) is 53.5 Å². The summed E-state index contributed by atoms with van der Waals surface area (Å²) < 4.78 is 1.95. The zero-order valence-corrected chi connectivity index (χ0v) is 14.8. The SMILES string of the molecule is CCCNC(=O)Cn1cccc1-c1nc(-c2ccc(C)cc2)cs1. The Morgan fingerprint density at radius 3 is 2.79 bits per heavy atom. The molecule has 124 valence electrons. The fourth-order valence-corrected chi connectivity index (χ4v) is 3.34. The summed E-state index contributed by atoms with van der Waals surface area (Å²) in [4.78, 5) is 16.7. The van der Waals surface area contributed by atoms with Crippen molar-refractivity contribution in [2.75, 3.05) is 6.54 Å². The van der Waals surface area contributed by atoms with Crippen molar-refractivity contribution < 1.29 is 4.79 Å². The second kappa shape index (κ2) is 7.45. The van der Waals surface area contributed by atoms with Gasteiger partial charge in [-0.15, -0.1) is 11.3 Å². The number of rotatable bonds is 6. The maximum Gasteiger partial charge on any atom is 0.239 e. The Morgan fingerprint density at radius 2 is 2.04 bits per heavy atom. The number of benzene rings is 1. The van der Waals surface area contributed by atoms with Gasteiger partial charge in [-0.3, -0.25) is 4.79 Å². The first kappa shape index (κ1) is 16.5. The molecule has 2 heterocycles. The van der Waals surface area contributed by atoms with Gasteiger partial charge in [0.15, 0.2) is 0 Å². The molecule has 3 rings (SSSR count). The third kappa shape index (κ3) is 3.74. The van der Waals surface area contributed by atoms with E-state index in [1.54, 1.807) is 11.3 Å². The Morgan fingerprint density at radius 1 is 1.25 bits per heavy atom. The van der Waals surface area contributed by atoms with Crippen molar-refractivity contribution in [3.8, 4) is 22.0 Å². The highest BCUT2D eigenvalue weighted by Gasteiger charge is 2.12. The van der Waals surface area contributed by atoms with Gasteiger partial charge in [0, 0.05) is 23.7 Å². The van der Waals surface area contributed by atoms with E-state index >= 15 is 0 Å². The zero-order chi connectivity index (χ0) is 16.9. The van der Waals surface area contributed by atoms with E-state index in [0.29, 0.717) is 13.1 Å². The molecule has 1 N–H and O–H groups in total. The lowest BCUT2D eigenvalue weighted by molar-refractivity contribution is -0.121. The number of aryl methyl sites for hydroxylation is 1. The highest BCUT2D eigenvalue weighted by molar-refractivity contribution is 7.13. The van der Waals surface area contributed by atoms with E-state index in [1.807, 2.05) is 29.8 Å². The van der Waals surface area contributed by atoms with Crippen molar-refractivity contribution >= 4 is 17.2 Å². The van der Waals surface area contributed by atoms with E-state index in [9.17, 15) is 4.79 Å². The van der Waals surface area contributed by atoms with Crippen LogP contribution in [-0.2, 0) is 11.3 Å². The van der Waals surface area contributed by atoms with Gasteiger partial charge in [0.05, 0.1) is 11.4 Å². The van der Waals surface area contributed by atoms with Gasteiger partial charge < -0.3 is 9.88 Å². The first-order valence-electron chi connectivity index (χ1n) is 8.12. The highest BCUT2D eigenvalue weighted by Crippen LogP contribution is 2.29. The average Bonchev–Trinajstić information content (AvgIpc) is 3.22. The third-order valence-corrected chi connectivity index (χ3v) is 4.65. The molecule has 0 radical (unpaired) electrons. The molecule has 0 aliphatic rings. The lowest BCUT2D eigenvalue weighted by atomic mass is 10.1. The molecule has 0 atom stereocenters. The third-order valence-electron chi connectivity index (χ3n) is 3.79. The van der Waals surface area contributed by atoms with E-state index in [4.69, 9.17) is 4.98 Å². The molecule has 0 aliphatic heterocycles.